The van der Waals surface area contributed by atoms with Crippen molar-refractivity contribution < 1.29 is 14.3 Å². The molecule has 2 aromatic heterocycles. The summed E-state index contributed by atoms with van der Waals surface area (Å²) in [6.07, 6.45) is 1.96. The molecule has 1 amide bonds. The van der Waals surface area contributed by atoms with Gasteiger partial charge in [0.05, 0.1) is 12.3 Å². The molecule has 184 valence electrons. The first-order chi connectivity index (χ1) is 18.0. The molecule has 0 aliphatic rings. The third-order valence-corrected chi connectivity index (χ3v) is 6.15. The highest BCUT2D eigenvalue weighted by atomic mass is 35.5. The fraction of sp³-hybridized carbons (Fsp3) is 0.103. The van der Waals surface area contributed by atoms with Gasteiger partial charge in [0.2, 0.25) is 0 Å². The largest absolute Gasteiger partial charge is 0.461 e. The summed E-state index contributed by atoms with van der Waals surface area (Å²) in [4.78, 5) is 35.6. The van der Waals surface area contributed by atoms with Crippen LogP contribution in [0.25, 0.3) is 33.4 Å². The Balaban J connectivity index is 1.76. The van der Waals surface area contributed by atoms with Crippen molar-refractivity contribution >= 4 is 40.2 Å². The third-order valence-electron chi connectivity index (χ3n) is 5.90. The molecule has 2 heterocycles. The molecule has 0 radical (unpaired) electrons. The maximum Gasteiger partial charge on any atom is 0.360 e. The molecule has 0 spiro atoms. The number of para-hydroxylation sites is 1. The van der Waals surface area contributed by atoms with Gasteiger partial charge < -0.3 is 14.6 Å². The Morgan fingerprint density at radius 3 is 2.35 bits per heavy atom. The summed E-state index contributed by atoms with van der Waals surface area (Å²) < 4.78 is 7.27. The van der Waals surface area contributed by atoms with Crippen LogP contribution in [0.4, 0.5) is 5.82 Å². The quantitative estimate of drug-likeness (QED) is 0.268. The lowest BCUT2D eigenvalue weighted by atomic mass is 10.0. The molecular weight excluding hydrogens is 488 g/mol. The second kappa shape index (κ2) is 10.2. The van der Waals surface area contributed by atoms with Crippen molar-refractivity contribution in [1.29, 1.82) is 0 Å². The van der Waals surface area contributed by atoms with Gasteiger partial charge in [-0.3, -0.25) is 4.79 Å². The van der Waals surface area contributed by atoms with Crippen LogP contribution in [0.15, 0.2) is 85.1 Å². The van der Waals surface area contributed by atoms with E-state index < -0.39 is 11.9 Å². The van der Waals surface area contributed by atoms with Crippen LogP contribution in [-0.4, -0.2) is 33.0 Å². The summed E-state index contributed by atoms with van der Waals surface area (Å²) in [6.45, 7) is 1.85. The van der Waals surface area contributed by atoms with E-state index in [0.29, 0.717) is 27.5 Å². The second-order valence-electron chi connectivity index (χ2n) is 8.34. The Labute approximate surface area is 218 Å². The number of carbonyl (C=O) groups is 2. The van der Waals surface area contributed by atoms with Crippen LogP contribution < -0.4 is 5.32 Å². The fourth-order valence-corrected chi connectivity index (χ4v) is 4.29. The van der Waals surface area contributed by atoms with Crippen LogP contribution in [0.2, 0.25) is 5.02 Å². The number of benzene rings is 3. The van der Waals surface area contributed by atoms with Crippen LogP contribution in [0.5, 0.6) is 0 Å². The van der Waals surface area contributed by atoms with E-state index in [9.17, 15) is 9.59 Å². The van der Waals surface area contributed by atoms with Gasteiger partial charge in [-0.25, -0.2) is 14.8 Å². The van der Waals surface area contributed by atoms with Gasteiger partial charge in [0, 0.05) is 45.9 Å². The number of aryl methyl sites for hydroxylation is 1. The van der Waals surface area contributed by atoms with Gasteiger partial charge in [-0.2, -0.15) is 0 Å². The van der Waals surface area contributed by atoms with Crippen LogP contribution >= 0.6 is 11.6 Å². The Kier molecular flexibility index (Phi) is 6.70. The molecule has 3 aromatic carbocycles. The molecule has 8 heteroatoms. The fourth-order valence-electron chi connectivity index (χ4n) is 4.16. The minimum Gasteiger partial charge on any atom is -0.461 e. The number of halogens is 1. The Morgan fingerprint density at radius 2 is 1.62 bits per heavy atom. The zero-order valence-electron chi connectivity index (χ0n) is 20.2. The number of esters is 1. The normalized spacial score (nSPS) is 10.9. The summed E-state index contributed by atoms with van der Waals surface area (Å²) in [5.41, 5.74) is 3.84. The van der Waals surface area contributed by atoms with Crippen molar-refractivity contribution in [2.45, 2.75) is 6.92 Å². The summed E-state index contributed by atoms with van der Waals surface area (Å²) >= 11 is 6.14. The lowest BCUT2D eigenvalue weighted by Gasteiger charge is -2.15. The van der Waals surface area contributed by atoms with Gasteiger partial charge in [-0.05, 0) is 37.3 Å². The van der Waals surface area contributed by atoms with Crippen molar-refractivity contribution in [3.63, 3.8) is 0 Å². The number of nitrogens with one attached hydrogen (secondary N) is 1. The Hall–Kier alpha value is -4.49. The average Bonchev–Trinajstić information content (AvgIpc) is 3.26. The molecule has 0 unspecified atom stereocenters. The van der Waals surface area contributed by atoms with Crippen LogP contribution in [0.3, 0.4) is 0 Å². The van der Waals surface area contributed by atoms with Crippen LogP contribution in [-0.2, 0) is 11.8 Å². The lowest BCUT2D eigenvalue weighted by Crippen LogP contribution is -2.19. The maximum absolute atomic E-state index is 13.1. The van der Waals surface area contributed by atoms with E-state index in [0.717, 1.165) is 16.5 Å². The summed E-state index contributed by atoms with van der Waals surface area (Å²) in [7, 11) is 1.95. The standard InChI is InChI=1S/C29H23ClN4O3/c1-3-37-29(36)26-27(33-28(35)19-9-5-4-6-10-19)32-25(24(31-26)18-13-15-20(30)16-14-18)22-17-34(2)23-12-8-7-11-21(22)23/h4-17H,3H2,1-2H3,(H,32,33,35). The van der Waals surface area contributed by atoms with Crippen molar-refractivity contribution in [3.8, 4) is 22.5 Å². The highest BCUT2D eigenvalue weighted by Crippen LogP contribution is 2.37. The number of ether oxygens (including phenoxy) is 1. The van der Waals surface area contributed by atoms with Gasteiger partial charge in [-0.15, -0.1) is 0 Å². The highest BCUT2D eigenvalue weighted by Gasteiger charge is 2.25. The van der Waals surface area contributed by atoms with Gasteiger partial charge >= 0.3 is 5.97 Å². The predicted octanol–water partition coefficient (Wildman–Crippen LogP) is 6.38. The first-order valence-electron chi connectivity index (χ1n) is 11.7. The molecule has 0 bridgehead atoms. The minimum atomic E-state index is -0.682. The monoisotopic (exact) mass is 510 g/mol. The van der Waals surface area contributed by atoms with Crippen LogP contribution in [0.1, 0.15) is 27.8 Å². The van der Waals surface area contributed by atoms with Crippen molar-refractivity contribution in [3.05, 3.63) is 101 Å². The summed E-state index contributed by atoms with van der Waals surface area (Å²) in [5.74, 6) is -1.07. The van der Waals surface area contributed by atoms with Gasteiger partial charge in [0.25, 0.3) is 5.91 Å². The van der Waals surface area contributed by atoms with E-state index in [-0.39, 0.29) is 18.1 Å². The van der Waals surface area contributed by atoms with Crippen LogP contribution in [0, 0.1) is 0 Å². The number of hydrogen-bond acceptors (Lipinski definition) is 5. The van der Waals surface area contributed by atoms with Gasteiger partial charge in [-0.1, -0.05) is 60.1 Å². The van der Waals surface area contributed by atoms with E-state index in [1.807, 2.05) is 60.3 Å². The smallest absolute Gasteiger partial charge is 0.360 e. The molecular formula is C29H23ClN4O3. The molecule has 0 saturated carbocycles. The molecule has 0 aliphatic heterocycles. The molecule has 37 heavy (non-hydrogen) atoms. The van der Waals surface area contributed by atoms with E-state index in [1.54, 1.807) is 43.3 Å². The first kappa shape index (κ1) is 24.2. The molecule has 0 saturated heterocycles. The van der Waals surface area contributed by atoms with E-state index in [2.05, 4.69) is 5.32 Å². The average molecular weight is 511 g/mol. The number of rotatable bonds is 6. The predicted molar refractivity (Wildman–Crippen MR) is 145 cm³/mol. The topological polar surface area (TPSA) is 86.1 Å². The number of aromatic nitrogens is 3. The molecule has 0 fully saturated rings. The third kappa shape index (κ3) is 4.81. The molecule has 1 N–H and O–H groups in total. The molecule has 5 aromatic rings. The van der Waals surface area contributed by atoms with Gasteiger partial charge in [0.1, 0.15) is 5.69 Å². The Bertz CT molecular complexity index is 1610. The Morgan fingerprint density at radius 1 is 0.919 bits per heavy atom. The highest BCUT2D eigenvalue weighted by molar-refractivity contribution is 6.30. The maximum atomic E-state index is 13.1. The zero-order chi connectivity index (χ0) is 25.9. The summed E-state index contributed by atoms with van der Waals surface area (Å²) in [6, 6.07) is 23.8. The van der Waals surface area contributed by atoms with Crippen molar-refractivity contribution in [2.75, 3.05) is 11.9 Å². The first-order valence-corrected chi connectivity index (χ1v) is 12.1. The molecule has 7 nitrogen and oxygen atoms in total. The van der Waals surface area contributed by atoms with Crippen molar-refractivity contribution in [1.82, 2.24) is 14.5 Å². The zero-order valence-corrected chi connectivity index (χ0v) is 21.0. The SMILES string of the molecule is CCOC(=O)c1nc(-c2ccc(Cl)cc2)c(-c2cn(C)c3ccccc23)nc1NC(=O)c1ccccc1. The van der Waals surface area contributed by atoms with Gasteiger partial charge in [0.15, 0.2) is 11.5 Å². The molecule has 5 rings (SSSR count). The number of nitrogens with zero attached hydrogens (tertiary/aromatic N) is 3. The summed E-state index contributed by atoms with van der Waals surface area (Å²) in [5, 5.41) is 4.30. The number of anilines is 1. The number of amides is 1. The molecule has 0 aliphatic carbocycles. The lowest BCUT2D eigenvalue weighted by molar-refractivity contribution is 0.0520. The minimum absolute atomic E-state index is 0.0213. The van der Waals surface area contributed by atoms with Crippen molar-refractivity contribution in [2.24, 2.45) is 7.05 Å². The number of fused-ring (bicyclic) bond motifs is 1. The van der Waals surface area contributed by atoms with E-state index in [1.165, 1.54) is 0 Å². The number of carbonyl (C=O) groups excluding carboxylic acids is 2. The number of hydrogen-bond donors (Lipinski definition) is 1. The second-order valence-corrected chi connectivity index (χ2v) is 8.77. The molecule has 0 atom stereocenters. The van der Waals surface area contributed by atoms with E-state index in [4.69, 9.17) is 26.3 Å². The van der Waals surface area contributed by atoms with E-state index >= 15 is 0 Å².